The van der Waals surface area contributed by atoms with Gasteiger partial charge in [0.25, 0.3) is 0 Å². The van der Waals surface area contributed by atoms with E-state index in [1.165, 1.54) is 16.7 Å². The van der Waals surface area contributed by atoms with Gasteiger partial charge in [-0.05, 0) is 31.0 Å². The van der Waals surface area contributed by atoms with Crippen LogP contribution in [0.1, 0.15) is 22.3 Å². The normalized spacial score (nSPS) is 11.8. The van der Waals surface area contributed by atoms with Gasteiger partial charge in [-0.3, -0.25) is 0 Å². The minimum absolute atomic E-state index is 0.585. The molecule has 0 radical (unpaired) electrons. The number of nitrogens with zero attached hydrogens (tertiary/aromatic N) is 4. The highest BCUT2D eigenvalue weighted by molar-refractivity contribution is 5.95. The predicted octanol–water partition coefficient (Wildman–Crippen LogP) is 3.32. The van der Waals surface area contributed by atoms with Gasteiger partial charge in [-0.1, -0.05) is 18.2 Å². The molecule has 22 heavy (non-hydrogen) atoms. The lowest BCUT2D eigenvalue weighted by Crippen LogP contribution is -2.36. The van der Waals surface area contributed by atoms with Crippen molar-refractivity contribution < 1.29 is 4.68 Å². The molecule has 0 saturated carbocycles. The Morgan fingerprint density at radius 2 is 2.09 bits per heavy atom. The summed E-state index contributed by atoms with van der Waals surface area (Å²) in [4.78, 5) is 3.66. The Labute approximate surface area is 128 Å². The van der Waals surface area contributed by atoms with Crippen molar-refractivity contribution in [3.05, 3.63) is 64.1 Å². The van der Waals surface area contributed by atoms with Crippen LogP contribution >= 0.6 is 0 Å². The average molecular weight is 285 g/mol. The number of aryl methyl sites for hydroxylation is 1. The molecule has 1 aliphatic heterocycles. The van der Waals surface area contributed by atoms with Crippen molar-refractivity contribution in [2.45, 2.75) is 20.4 Å². The van der Waals surface area contributed by atoms with Gasteiger partial charge in [0, 0.05) is 5.56 Å². The number of fused-ring (bicyclic) bond motifs is 5. The van der Waals surface area contributed by atoms with Crippen molar-refractivity contribution in [1.82, 2.24) is 4.68 Å². The largest absolute Gasteiger partial charge is 0.236 e. The number of benzene rings is 2. The van der Waals surface area contributed by atoms with Crippen LogP contribution in [0, 0.1) is 31.8 Å². The summed E-state index contributed by atoms with van der Waals surface area (Å²) in [6.45, 7) is 12.4. The van der Waals surface area contributed by atoms with Crippen molar-refractivity contribution >= 4 is 16.6 Å². The van der Waals surface area contributed by atoms with Gasteiger partial charge in [0.1, 0.15) is 11.2 Å². The Hall–Kier alpha value is -3.11. The summed E-state index contributed by atoms with van der Waals surface area (Å²) in [5, 5.41) is 10.2. The van der Waals surface area contributed by atoms with Crippen LogP contribution in [0.25, 0.3) is 21.4 Å². The average Bonchev–Trinajstić information content (AvgIpc) is 3.06. The van der Waals surface area contributed by atoms with E-state index >= 15 is 0 Å². The molecule has 0 N–H and O–H groups in total. The minimum Gasteiger partial charge on any atom is -0.236 e. The Morgan fingerprint density at radius 3 is 2.82 bits per heavy atom. The number of rotatable bonds is 0. The molecular formula is C18H13N4+. The lowest BCUT2D eigenvalue weighted by Gasteiger charge is -2.06. The van der Waals surface area contributed by atoms with Crippen molar-refractivity contribution in [1.29, 1.82) is 5.26 Å². The highest BCUT2D eigenvalue weighted by Crippen LogP contribution is 2.35. The van der Waals surface area contributed by atoms with E-state index in [0.29, 0.717) is 11.3 Å². The van der Waals surface area contributed by atoms with E-state index in [9.17, 15) is 5.26 Å². The van der Waals surface area contributed by atoms with E-state index in [1.807, 2.05) is 6.20 Å². The Morgan fingerprint density at radius 1 is 1.27 bits per heavy atom. The van der Waals surface area contributed by atoms with E-state index in [2.05, 4.69) is 46.3 Å². The molecule has 1 aromatic heterocycles. The van der Waals surface area contributed by atoms with Gasteiger partial charge in [0.2, 0.25) is 11.9 Å². The zero-order valence-corrected chi connectivity index (χ0v) is 12.4. The number of hydrogen-bond donors (Lipinski definition) is 0. The number of nitriles is 1. The zero-order valence-electron chi connectivity index (χ0n) is 12.4. The quantitative estimate of drug-likeness (QED) is 0.361. The molecule has 104 valence electrons. The number of hydrogen-bond acceptors (Lipinski definition) is 1. The minimum atomic E-state index is 0.585. The topological polar surface area (TPSA) is 37.0 Å². The fourth-order valence-electron chi connectivity index (χ4n) is 3.28. The molecule has 3 aromatic rings. The molecule has 0 spiro atoms. The molecule has 1 aliphatic rings. The fourth-order valence-corrected chi connectivity index (χ4v) is 3.28. The molecule has 0 unspecified atom stereocenters. The third kappa shape index (κ3) is 1.42. The molecule has 2 heterocycles. The summed E-state index contributed by atoms with van der Waals surface area (Å²) in [6, 6.07) is 9.99. The first-order valence-electron chi connectivity index (χ1n) is 7.11. The molecular weight excluding hydrogens is 272 g/mol. The highest BCUT2D eigenvalue weighted by Gasteiger charge is 2.32. The van der Waals surface area contributed by atoms with E-state index < -0.39 is 0 Å². The van der Waals surface area contributed by atoms with Crippen LogP contribution in [-0.4, -0.2) is 4.68 Å². The Kier molecular flexibility index (Phi) is 2.40. The zero-order chi connectivity index (χ0) is 15.4. The summed E-state index contributed by atoms with van der Waals surface area (Å²) >= 11 is 0. The van der Waals surface area contributed by atoms with Crippen LogP contribution in [0.15, 0.2) is 30.5 Å². The second kappa shape index (κ2) is 4.19. The van der Waals surface area contributed by atoms with Crippen LogP contribution in [-0.2, 0) is 6.54 Å². The smallest absolute Gasteiger partial charge is 0.217 e. The molecule has 0 fully saturated rings. The van der Waals surface area contributed by atoms with Crippen LogP contribution in [0.2, 0.25) is 0 Å². The van der Waals surface area contributed by atoms with Crippen molar-refractivity contribution in [3.63, 3.8) is 0 Å². The summed E-state index contributed by atoms with van der Waals surface area (Å²) in [7, 11) is 0. The summed E-state index contributed by atoms with van der Waals surface area (Å²) in [5.41, 5.74) is 6.89. The van der Waals surface area contributed by atoms with Crippen LogP contribution in [0.3, 0.4) is 0 Å². The fraction of sp³-hybridized carbons (Fsp3) is 0.167. The van der Waals surface area contributed by atoms with Gasteiger partial charge in [0.05, 0.1) is 23.6 Å². The van der Waals surface area contributed by atoms with Crippen molar-refractivity contribution in [2.75, 3.05) is 0 Å². The molecule has 0 atom stereocenters. The molecule has 0 saturated heterocycles. The van der Waals surface area contributed by atoms with E-state index in [4.69, 9.17) is 6.57 Å². The lowest BCUT2D eigenvalue weighted by atomic mass is 10.0. The second-order valence-electron chi connectivity index (χ2n) is 5.67. The monoisotopic (exact) mass is 285 g/mol. The highest BCUT2D eigenvalue weighted by atomic mass is 15.4. The second-order valence-corrected chi connectivity index (χ2v) is 5.67. The third-order valence-corrected chi connectivity index (χ3v) is 4.51. The van der Waals surface area contributed by atoms with Gasteiger partial charge in [-0.15, -0.1) is 9.36 Å². The van der Waals surface area contributed by atoms with Crippen LogP contribution < -0.4 is 4.68 Å². The molecule has 4 rings (SSSR count). The first-order valence-corrected chi connectivity index (χ1v) is 7.11. The molecule has 0 bridgehead atoms. The molecule has 2 aromatic carbocycles. The molecule has 0 aliphatic carbocycles. The van der Waals surface area contributed by atoms with Crippen LogP contribution in [0.5, 0.6) is 0 Å². The van der Waals surface area contributed by atoms with E-state index in [0.717, 1.165) is 23.1 Å². The predicted molar refractivity (Wildman–Crippen MR) is 83.0 cm³/mol. The van der Waals surface area contributed by atoms with E-state index in [-0.39, 0.29) is 0 Å². The standard InChI is InChI=1S/C18H13N4/c1-11-4-5-14-9-21-10-15-13(8-19)6-7-16(20-3)18(15)22(21)17(14)12(11)2/h4-7,10H,9H2,1-2H3/q+1. The van der Waals surface area contributed by atoms with Gasteiger partial charge < -0.3 is 0 Å². The third-order valence-electron chi connectivity index (χ3n) is 4.51. The molecule has 4 nitrogen and oxygen atoms in total. The summed E-state index contributed by atoms with van der Waals surface area (Å²) in [6.07, 6.45) is 1.98. The first-order chi connectivity index (χ1) is 10.7. The maximum atomic E-state index is 9.34. The summed E-state index contributed by atoms with van der Waals surface area (Å²) < 4.78 is 4.19. The maximum absolute atomic E-state index is 9.34. The Balaban J connectivity index is 2.21. The van der Waals surface area contributed by atoms with Gasteiger partial charge in [0.15, 0.2) is 6.54 Å². The SMILES string of the molecule is [C-]#[N+]c1ccc(C#N)c2c[n+]3n(c12)-c1c(ccc(C)c1C)C3. The maximum Gasteiger partial charge on any atom is 0.217 e. The molecule has 4 heteroatoms. The lowest BCUT2D eigenvalue weighted by molar-refractivity contribution is -0.749. The van der Waals surface area contributed by atoms with E-state index in [1.54, 1.807) is 12.1 Å². The van der Waals surface area contributed by atoms with Crippen LogP contribution in [0.4, 0.5) is 5.69 Å². The van der Waals surface area contributed by atoms with Gasteiger partial charge >= 0.3 is 0 Å². The Bertz CT molecular complexity index is 1040. The van der Waals surface area contributed by atoms with Gasteiger partial charge in [-0.25, -0.2) is 4.85 Å². The number of aromatic nitrogens is 2. The summed E-state index contributed by atoms with van der Waals surface area (Å²) in [5.74, 6) is 0. The van der Waals surface area contributed by atoms with Gasteiger partial charge in [-0.2, -0.15) is 5.26 Å². The molecule has 0 amide bonds. The van der Waals surface area contributed by atoms with Crippen molar-refractivity contribution in [3.8, 4) is 11.8 Å². The van der Waals surface area contributed by atoms with Crippen molar-refractivity contribution in [2.24, 2.45) is 0 Å². The first kappa shape index (κ1) is 12.6.